The lowest BCUT2D eigenvalue weighted by Gasteiger charge is -2.39. The van der Waals surface area contributed by atoms with E-state index in [4.69, 9.17) is 13.7 Å². The maximum atomic E-state index is 11.8. The predicted octanol–water partition coefficient (Wildman–Crippen LogP) is 4.61. The Balaban J connectivity index is 0.00000155. The van der Waals surface area contributed by atoms with Crippen molar-refractivity contribution in [2.75, 3.05) is 13.7 Å². The van der Waals surface area contributed by atoms with E-state index in [0.717, 1.165) is 42.6 Å². The van der Waals surface area contributed by atoms with E-state index in [-0.39, 0.29) is 17.3 Å². The van der Waals surface area contributed by atoms with Crippen LogP contribution in [-0.2, 0) is 17.3 Å². The Labute approximate surface area is 183 Å². The van der Waals surface area contributed by atoms with E-state index < -0.39 is 6.10 Å². The summed E-state index contributed by atoms with van der Waals surface area (Å²) in [4.78, 5) is 11.8. The zero-order valence-electron chi connectivity index (χ0n) is 17.8. The summed E-state index contributed by atoms with van der Waals surface area (Å²) >= 11 is 2.83. The van der Waals surface area contributed by atoms with Crippen molar-refractivity contribution in [3.05, 3.63) is 65.2 Å². The number of carbonyl (C=O) groups excluding carboxylic acids is 1. The molecule has 0 saturated carbocycles. The van der Waals surface area contributed by atoms with Crippen molar-refractivity contribution >= 4 is 18.5 Å². The van der Waals surface area contributed by atoms with Gasteiger partial charge in [0.25, 0.3) is 0 Å². The van der Waals surface area contributed by atoms with Crippen LogP contribution in [0.25, 0.3) is 0 Å². The monoisotopic (exact) mass is 430 g/mol. The molecule has 3 rings (SSSR count). The molecule has 3 atom stereocenters. The molecule has 0 aromatic heterocycles. The molecule has 2 aromatic carbocycles. The predicted molar refractivity (Wildman–Crippen MR) is 118 cm³/mol. The Kier molecular flexibility index (Phi) is 8.93. The molecule has 30 heavy (non-hydrogen) atoms. The Morgan fingerprint density at radius 2 is 1.83 bits per heavy atom. The van der Waals surface area contributed by atoms with Gasteiger partial charge in [-0.25, -0.2) is 4.79 Å². The summed E-state index contributed by atoms with van der Waals surface area (Å²) in [5.41, 5.74) is 2.17. The third kappa shape index (κ3) is 4.87. The topological polar surface area (TPSA) is 72.8 Å². The minimum Gasteiger partial charge on any atom is -0.493 e. The second kappa shape index (κ2) is 11.2. The number of aliphatic hydroxyl groups is 1. The van der Waals surface area contributed by atoms with Gasteiger partial charge in [-0.05, 0) is 36.6 Å². The van der Waals surface area contributed by atoms with Crippen LogP contribution in [-0.4, -0.2) is 35.1 Å². The number of benzene rings is 2. The molecule has 1 aliphatic rings. The molecule has 2 aromatic rings. The average molecular weight is 431 g/mol. The lowest BCUT2D eigenvalue weighted by Crippen LogP contribution is -2.42. The number of hydrogen-bond acceptors (Lipinski definition) is 6. The van der Waals surface area contributed by atoms with Crippen molar-refractivity contribution < 1.29 is 23.6 Å². The number of esters is 1. The maximum Gasteiger partial charge on any atom is 0.337 e. The van der Waals surface area contributed by atoms with E-state index in [1.165, 1.54) is 7.11 Å². The molecule has 1 heterocycles. The van der Waals surface area contributed by atoms with Gasteiger partial charge in [-0.3, -0.25) is 0 Å². The highest BCUT2D eigenvalue weighted by Crippen LogP contribution is 2.47. The fourth-order valence-electron chi connectivity index (χ4n) is 4.24. The van der Waals surface area contributed by atoms with Gasteiger partial charge in [-0.1, -0.05) is 57.0 Å². The molecular weight excluding hydrogens is 400 g/mol. The SMILES string of the molecule is CCCC[C@]1(CC)COc2ccccc2[C@@H](c2ccc(C(=O)OC)cc2)[C@H]1O.O=S. The summed E-state index contributed by atoms with van der Waals surface area (Å²) in [6.45, 7) is 4.82. The van der Waals surface area contributed by atoms with E-state index in [1.807, 2.05) is 36.4 Å². The van der Waals surface area contributed by atoms with Crippen molar-refractivity contribution in [3.63, 3.8) is 0 Å². The number of unbranched alkanes of at least 4 members (excludes halogenated alkanes) is 1. The molecule has 6 heteroatoms. The van der Waals surface area contributed by atoms with Crippen LogP contribution in [0.5, 0.6) is 5.75 Å². The van der Waals surface area contributed by atoms with E-state index in [9.17, 15) is 9.90 Å². The minimum atomic E-state index is -0.573. The summed E-state index contributed by atoms with van der Waals surface area (Å²) in [5.74, 6) is 0.264. The molecule has 0 unspecified atom stereocenters. The van der Waals surface area contributed by atoms with Crippen LogP contribution in [0.3, 0.4) is 0 Å². The van der Waals surface area contributed by atoms with Gasteiger partial charge >= 0.3 is 5.97 Å². The number of carbonyl (C=O) groups is 1. The van der Waals surface area contributed by atoms with Gasteiger partial charge in [-0.15, -0.1) is 0 Å². The van der Waals surface area contributed by atoms with Gasteiger partial charge in [0, 0.05) is 16.9 Å². The van der Waals surface area contributed by atoms with Gasteiger partial charge < -0.3 is 14.6 Å². The van der Waals surface area contributed by atoms with Gasteiger partial charge in [-0.2, -0.15) is 4.21 Å². The summed E-state index contributed by atoms with van der Waals surface area (Å²) in [6.07, 6.45) is 3.33. The van der Waals surface area contributed by atoms with Crippen molar-refractivity contribution in [3.8, 4) is 5.75 Å². The van der Waals surface area contributed by atoms with Crippen molar-refractivity contribution in [1.29, 1.82) is 0 Å². The normalized spacial score (nSPS) is 22.5. The molecule has 0 radical (unpaired) electrons. The van der Waals surface area contributed by atoms with Crippen LogP contribution in [0.15, 0.2) is 48.5 Å². The quantitative estimate of drug-likeness (QED) is 0.675. The zero-order valence-corrected chi connectivity index (χ0v) is 18.6. The summed E-state index contributed by atoms with van der Waals surface area (Å²) in [5, 5.41) is 11.6. The van der Waals surface area contributed by atoms with Crippen LogP contribution in [0.4, 0.5) is 0 Å². The number of fused-ring (bicyclic) bond motifs is 1. The fraction of sp³-hybridized carbons (Fsp3) is 0.458. The third-order valence-corrected chi connectivity index (χ3v) is 6.14. The van der Waals surface area contributed by atoms with Crippen molar-refractivity contribution in [1.82, 2.24) is 0 Å². The van der Waals surface area contributed by atoms with Gasteiger partial charge in [0.15, 0.2) is 12.5 Å². The van der Waals surface area contributed by atoms with E-state index in [0.29, 0.717) is 12.2 Å². The molecule has 5 nitrogen and oxygen atoms in total. The van der Waals surface area contributed by atoms with Crippen LogP contribution in [0, 0.1) is 5.41 Å². The Morgan fingerprint density at radius 1 is 1.17 bits per heavy atom. The Hall–Kier alpha value is -2.31. The average Bonchev–Trinajstić information content (AvgIpc) is 2.93. The molecule has 0 amide bonds. The highest BCUT2D eigenvalue weighted by atomic mass is 32.1. The van der Waals surface area contributed by atoms with Gasteiger partial charge in [0.05, 0.1) is 25.4 Å². The number of aliphatic hydroxyl groups excluding tert-OH is 1. The first-order valence-electron chi connectivity index (χ1n) is 10.3. The second-order valence-corrected chi connectivity index (χ2v) is 7.68. The molecule has 0 aliphatic carbocycles. The second-order valence-electron chi connectivity index (χ2n) is 7.68. The van der Waals surface area contributed by atoms with Crippen LogP contribution < -0.4 is 4.74 Å². The summed E-state index contributed by atoms with van der Waals surface area (Å²) in [6, 6.07) is 15.3. The van der Waals surface area contributed by atoms with E-state index in [1.54, 1.807) is 12.1 Å². The Morgan fingerprint density at radius 3 is 2.43 bits per heavy atom. The number of ether oxygens (including phenoxy) is 2. The van der Waals surface area contributed by atoms with E-state index in [2.05, 4.69) is 26.4 Å². The fourth-order valence-corrected chi connectivity index (χ4v) is 4.24. The number of hydrogen-bond donors (Lipinski definition) is 1. The van der Waals surface area contributed by atoms with Crippen LogP contribution in [0.2, 0.25) is 0 Å². The minimum absolute atomic E-state index is 0.206. The first-order valence-corrected chi connectivity index (χ1v) is 10.6. The molecular formula is C24H30O5S. The zero-order chi connectivity index (χ0) is 22.1. The molecule has 0 bridgehead atoms. The molecule has 0 fully saturated rings. The lowest BCUT2D eigenvalue weighted by molar-refractivity contribution is -0.0210. The molecule has 0 saturated heterocycles. The third-order valence-electron chi connectivity index (χ3n) is 6.14. The Bertz CT molecular complexity index is 823. The van der Waals surface area contributed by atoms with Gasteiger partial charge in [0.2, 0.25) is 0 Å². The summed E-state index contributed by atoms with van der Waals surface area (Å²) < 4.78 is 18.9. The molecule has 1 aliphatic heterocycles. The number of para-hydroxylation sites is 1. The maximum absolute atomic E-state index is 11.8. The lowest BCUT2D eigenvalue weighted by atomic mass is 9.69. The first-order chi connectivity index (χ1) is 14.6. The molecule has 1 N–H and O–H groups in total. The number of methoxy groups -OCH3 is 1. The largest absolute Gasteiger partial charge is 0.493 e. The van der Waals surface area contributed by atoms with Crippen molar-refractivity contribution in [2.24, 2.45) is 5.41 Å². The molecule has 162 valence electrons. The van der Waals surface area contributed by atoms with Crippen molar-refractivity contribution in [2.45, 2.75) is 51.6 Å². The highest BCUT2D eigenvalue weighted by Gasteiger charge is 2.45. The number of rotatable bonds is 6. The summed E-state index contributed by atoms with van der Waals surface area (Å²) in [7, 11) is 1.38. The first kappa shape index (κ1) is 24.0. The van der Waals surface area contributed by atoms with Crippen LogP contribution in [0.1, 0.15) is 66.9 Å². The highest BCUT2D eigenvalue weighted by molar-refractivity contribution is 7.44. The molecule has 0 spiro atoms. The standard InChI is InChI=1S/C24H30O4.OS/c1-4-6-15-24(5-2)16-28-20-10-8-7-9-19(20)21(22(24)25)17-11-13-18(14-12-17)23(26)27-3;1-2/h7-14,21-22,25H,4-6,15-16H2,1-3H3;/t21-,22-,24-;/m1./s1. The van der Waals surface area contributed by atoms with Gasteiger partial charge in [0.1, 0.15) is 5.75 Å². The smallest absolute Gasteiger partial charge is 0.337 e. The van der Waals surface area contributed by atoms with E-state index >= 15 is 0 Å². The van der Waals surface area contributed by atoms with Crippen LogP contribution >= 0.6 is 0 Å².